The van der Waals surface area contributed by atoms with Gasteiger partial charge >= 0.3 is 0 Å². The zero-order valence-electron chi connectivity index (χ0n) is 14.0. The summed E-state index contributed by atoms with van der Waals surface area (Å²) in [6, 6.07) is 12.2. The van der Waals surface area contributed by atoms with E-state index < -0.39 is 0 Å². The molecule has 26 heavy (non-hydrogen) atoms. The Morgan fingerprint density at radius 1 is 1.19 bits per heavy atom. The van der Waals surface area contributed by atoms with E-state index in [9.17, 15) is 4.39 Å². The highest BCUT2D eigenvalue weighted by Gasteiger charge is 2.13. The molecule has 0 atom stereocenters. The number of halogens is 1. The van der Waals surface area contributed by atoms with Crippen LogP contribution in [-0.4, -0.2) is 17.5 Å². The molecule has 4 rings (SSSR count). The van der Waals surface area contributed by atoms with Gasteiger partial charge in [0.2, 0.25) is 11.9 Å². The lowest BCUT2D eigenvalue weighted by atomic mass is 10.1. The van der Waals surface area contributed by atoms with Crippen molar-refractivity contribution in [1.29, 1.82) is 0 Å². The first-order valence-corrected chi connectivity index (χ1v) is 8.94. The molecule has 0 amide bonds. The fraction of sp³-hybridized carbons (Fsp3) is 0.158. The number of thiazole rings is 1. The van der Waals surface area contributed by atoms with Crippen LogP contribution in [0.2, 0.25) is 0 Å². The number of anilines is 1. The second-order valence-electron chi connectivity index (χ2n) is 5.87. The summed E-state index contributed by atoms with van der Waals surface area (Å²) < 4.78 is 23.7. The van der Waals surface area contributed by atoms with Crippen molar-refractivity contribution in [3.8, 4) is 22.8 Å². The standard InChI is InChI=1S/C19H16FN3O2S/c1-12(8-13-2-7-17-18(9-13)25-11-24-17)22-23-19-21-16(10-26-19)14-3-5-15(20)6-4-14/h2-7,9-10H,8,11H2,1H3,(H,21,23). The number of rotatable bonds is 5. The van der Waals surface area contributed by atoms with Crippen LogP contribution in [0.5, 0.6) is 11.5 Å². The van der Waals surface area contributed by atoms with Gasteiger partial charge in [-0.05, 0) is 48.9 Å². The highest BCUT2D eigenvalue weighted by molar-refractivity contribution is 7.14. The molecule has 0 saturated heterocycles. The van der Waals surface area contributed by atoms with Gasteiger partial charge in [-0.15, -0.1) is 11.3 Å². The maximum Gasteiger partial charge on any atom is 0.231 e. The van der Waals surface area contributed by atoms with Crippen LogP contribution >= 0.6 is 11.3 Å². The Labute approximate surface area is 154 Å². The molecule has 1 aromatic heterocycles. The van der Waals surface area contributed by atoms with E-state index in [-0.39, 0.29) is 12.6 Å². The highest BCUT2D eigenvalue weighted by Crippen LogP contribution is 2.32. The first-order chi connectivity index (χ1) is 12.7. The Kier molecular flexibility index (Phi) is 4.53. The molecule has 1 N–H and O–H groups in total. The summed E-state index contributed by atoms with van der Waals surface area (Å²) in [4.78, 5) is 4.48. The predicted octanol–water partition coefficient (Wildman–Crippen LogP) is 4.71. The third kappa shape index (κ3) is 3.67. The van der Waals surface area contributed by atoms with E-state index in [2.05, 4.69) is 15.5 Å². The SMILES string of the molecule is CC(Cc1ccc2c(c1)OCO2)=NNc1nc(-c2ccc(F)cc2)cs1. The summed E-state index contributed by atoms with van der Waals surface area (Å²) in [5.41, 5.74) is 6.67. The van der Waals surface area contributed by atoms with E-state index in [1.807, 2.05) is 30.5 Å². The first kappa shape index (κ1) is 16.5. The molecule has 0 aliphatic carbocycles. The smallest absolute Gasteiger partial charge is 0.231 e. The minimum absolute atomic E-state index is 0.258. The lowest BCUT2D eigenvalue weighted by Gasteiger charge is -2.03. The largest absolute Gasteiger partial charge is 0.454 e. The van der Waals surface area contributed by atoms with Gasteiger partial charge < -0.3 is 9.47 Å². The van der Waals surface area contributed by atoms with Gasteiger partial charge in [0.25, 0.3) is 0 Å². The molecule has 0 fully saturated rings. The van der Waals surface area contributed by atoms with Gasteiger partial charge in [-0.2, -0.15) is 5.10 Å². The number of hydrogen-bond donors (Lipinski definition) is 1. The minimum Gasteiger partial charge on any atom is -0.454 e. The van der Waals surface area contributed by atoms with E-state index in [1.165, 1.54) is 23.5 Å². The van der Waals surface area contributed by atoms with Crippen LogP contribution in [0.1, 0.15) is 12.5 Å². The van der Waals surface area contributed by atoms with Crippen molar-refractivity contribution in [2.24, 2.45) is 5.10 Å². The second kappa shape index (κ2) is 7.13. The molecule has 1 aliphatic rings. The second-order valence-corrected chi connectivity index (χ2v) is 6.73. The number of fused-ring (bicyclic) bond motifs is 1. The van der Waals surface area contributed by atoms with Crippen molar-refractivity contribution in [3.63, 3.8) is 0 Å². The molecule has 3 aromatic rings. The average molecular weight is 369 g/mol. The summed E-state index contributed by atoms with van der Waals surface area (Å²) in [5, 5.41) is 6.99. The summed E-state index contributed by atoms with van der Waals surface area (Å²) in [5.74, 6) is 1.29. The van der Waals surface area contributed by atoms with Gasteiger partial charge in [0.15, 0.2) is 11.5 Å². The zero-order valence-corrected chi connectivity index (χ0v) is 14.8. The van der Waals surface area contributed by atoms with Gasteiger partial charge in [0.1, 0.15) is 5.82 Å². The molecule has 5 nitrogen and oxygen atoms in total. The normalized spacial score (nSPS) is 13.1. The maximum absolute atomic E-state index is 13.0. The number of ether oxygens (including phenoxy) is 2. The van der Waals surface area contributed by atoms with Crippen LogP contribution in [0, 0.1) is 5.82 Å². The number of hydrogen-bond acceptors (Lipinski definition) is 6. The zero-order chi connectivity index (χ0) is 17.9. The van der Waals surface area contributed by atoms with Crippen molar-refractivity contribution in [3.05, 3.63) is 59.2 Å². The van der Waals surface area contributed by atoms with Crippen molar-refractivity contribution < 1.29 is 13.9 Å². The third-order valence-corrected chi connectivity index (χ3v) is 4.63. The first-order valence-electron chi connectivity index (χ1n) is 8.06. The fourth-order valence-electron chi connectivity index (χ4n) is 2.61. The summed E-state index contributed by atoms with van der Waals surface area (Å²) in [6.45, 7) is 2.22. The van der Waals surface area contributed by atoms with Crippen LogP contribution in [0.25, 0.3) is 11.3 Å². The van der Waals surface area contributed by atoms with Crippen molar-refractivity contribution >= 4 is 22.2 Å². The maximum atomic E-state index is 13.0. The van der Waals surface area contributed by atoms with E-state index >= 15 is 0 Å². The quantitative estimate of drug-likeness (QED) is 0.523. The van der Waals surface area contributed by atoms with Crippen LogP contribution in [0.3, 0.4) is 0 Å². The van der Waals surface area contributed by atoms with E-state index in [0.717, 1.165) is 34.0 Å². The topological polar surface area (TPSA) is 55.7 Å². The van der Waals surface area contributed by atoms with Crippen molar-refractivity contribution in [1.82, 2.24) is 4.98 Å². The molecule has 132 valence electrons. The van der Waals surface area contributed by atoms with Crippen LogP contribution in [0.4, 0.5) is 9.52 Å². The number of nitrogens with zero attached hydrogens (tertiary/aromatic N) is 2. The Balaban J connectivity index is 1.40. The van der Waals surface area contributed by atoms with Gasteiger partial charge in [-0.1, -0.05) is 6.07 Å². The summed E-state index contributed by atoms with van der Waals surface area (Å²) >= 11 is 1.45. The lowest BCUT2D eigenvalue weighted by molar-refractivity contribution is 0.174. The number of nitrogens with one attached hydrogen (secondary N) is 1. The van der Waals surface area contributed by atoms with Crippen molar-refractivity contribution in [2.75, 3.05) is 12.2 Å². The molecule has 7 heteroatoms. The highest BCUT2D eigenvalue weighted by atomic mass is 32.1. The number of benzene rings is 2. The minimum atomic E-state index is -0.258. The molecule has 0 unspecified atom stereocenters. The Bertz CT molecular complexity index is 954. The van der Waals surface area contributed by atoms with Crippen LogP contribution < -0.4 is 14.9 Å². The molecular weight excluding hydrogens is 353 g/mol. The van der Waals surface area contributed by atoms with Gasteiger partial charge in [-0.25, -0.2) is 9.37 Å². The summed E-state index contributed by atoms with van der Waals surface area (Å²) in [6.07, 6.45) is 0.694. The van der Waals surface area contributed by atoms with Gasteiger partial charge in [0, 0.05) is 23.1 Å². The Morgan fingerprint density at radius 3 is 2.85 bits per heavy atom. The average Bonchev–Trinajstić information content (AvgIpc) is 3.29. The molecule has 0 bridgehead atoms. The molecular formula is C19H16FN3O2S. The summed E-state index contributed by atoms with van der Waals surface area (Å²) in [7, 11) is 0. The van der Waals surface area contributed by atoms with E-state index in [0.29, 0.717) is 11.6 Å². The molecule has 2 aromatic carbocycles. The monoisotopic (exact) mass is 369 g/mol. The molecule has 0 radical (unpaired) electrons. The van der Waals surface area contributed by atoms with Gasteiger partial charge in [0.05, 0.1) is 5.69 Å². The van der Waals surface area contributed by atoms with Crippen LogP contribution in [-0.2, 0) is 6.42 Å². The predicted molar refractivity (Wildman–Crippen MR) is 101 cm³/mol. The number of aromatic nitrogens is 1. The van der Waals surface area contributed by atoms with E-state index in [1.54, 1.807) is 12.1 Å². The molecule has 0 spiro atoms. The fourth-order valence-corrected chi connectivity index (χ4v) is 3.27. The molecule has 1 aliphatic heterocycles. The lowest BCUT2D eigenvalue weighted by Crippen LogP contribution is -2.01. The van der Waals surface area contributed by atoms with E-state index in [4.69, 9.17) is 9.47 Å². The van der Waals surface area contributed by atoms with Crippen LogP contribution in [0.15, 0.2) is 52.9 Å². The van der Waals surface area contributed by atoms with Gasteiger partial charge in [-0.3, -0.25) is 5.43 Å². The third-order valence-electron chi connectivity index (χ3n) is 3.88. The Hall–Kier alpha value is -2.93. The van der Waals surface area contributed by atoms with Crippen molar-refractivity contribution in [2.45, 2.75) is 13.3 Å². The number of hydrazone groups is 1. The Morgan fingerprint density at radius 2 is 2.00 bits per heavy atom. The molecule has 2 heterocycles. The molecule has 0 saturated carbocycles.